The van der Waals surface area contributed by atoms with Gasteiger partial charge in [0.2, 0.25) is 0 Å². The molecular formula is C15H16N2O. The second kappa shape index (κ2) is 4.10. The van der Waals surface area contributed by atoms with Crippen molar-refractivity contribution in [1.82, 2.24) is 4.98 Å². The number of aromatic nitrogens is 1. The smallest absolute Gasteiger partial charge is 0.118 e. The van der Waals surface area contributed by atoms with Gasteiger partial charge in [0.05, 0.1) is 0 Å². The Morgan fingerprint density at radius 1 is 1.17 bits per heavy atom. The Bertz CT molecular complexity index is 582. The molecule has 1 aliphatic rings. The predicted molar refractivity (Wildman–Crippen MR) is 71.0 cm³/mol. The van der Waals surface area contributed by atoms with Gasteiger partial charge in [-0.15, -0.1) is 0 Å². The van der Waals surface area contributed by atoms with Crippen LogP contribution in [-0.4, -0.2) is 10.1 Å². The first-order valence-corrected chi connectivity index (χ1v) is 6.22. The normalized spacial score (nSPS) is 22.5. The maximum absolute atomic E-state index is 11.1. The second-order valence-corrected chi connectivity index (χ2v) is 4.83. The van der Waals surface area contributed by atoms with Gasteiger partial charge in [0.1, 0.15) is 5.60 Å². The minimum absolute atomic E-state index is 0.601. The van der Waals surface area contributed by atoms with Crippen LogP contribution in [0.5, 0.6) is 0 Å². The van der Waals surface area contributed by atoms with Crippen molar-refractivity contribution >= 4 is 5.69 Å². The second-order valence-electron chi connectivity index (χ2n) is 4.83. The van der Waals surface area contributed by atoms with E-state index in [9.17, 15) is 5.11 Å². The molecule has 3 nitrogen and oxygen atoms in total. The highest BCUT2D eigenvalue weighted by Gasteiger charge is 2.37. The number of nitrogens with two attached hydrogens (primary N) is 1. The van der Waals surface area contributed by atoms with E-state index in [-0.39, 0.29) is 0 Å². The van der Waals surface area contributed by atoms with Gasteiger partial charge < -0.3 is 10.8 Å². The molecule has 0 fully saturated rings. The van der Waals surface area contributed by atoms with Gasteiger partial charge >= 0.3 is 0 Å². The van der Waals surface area contributed by atoms with Crippen LogP contribution in [0.3, 0.4) is 0 Å². The molecule has 0 spiro atoms. The molecule has 18 heavy (non-hydrogen) atoms. The summed E-state index contributed by atoms with van der Waals surface area (Å²) in [6.45, 7) is 0. The van der Waals surface area contributed by atoms with Gasteiger partial charge in [0.15, 0.2) is 0 Å². The maximum Gasteiger partial charge on any atom is 0.118 e. The van der Waals surface area contributed by atoms with E-state index in [2.05, 4.69) is 11.1 Å². The first kappa shape index (κ1) is 11.2. The molecule has 3 N–H and O–H groups in total. The van der Waals surface area contributed by atoms with Gasteiger partial charge in [-0.25, -0.2) is 0 Å². The molecule has 2 aromatic rings. The molecule has 1 unspecified atom stereocenters. The fourth-order valence-electron chi connectivity index (χ4n) is 2.84. The maximum atomic E-state index is 11.1. The van der Waals surface area contributed by atoms with Gasteiger partial charge in [-0.05, 0) is 36.5 Å². The molecule has 3 heteroatoms. The molecule has 1 aromatic heterocycles. The lowest BCUT2D eigenvalue weighted by molar-refractivity contribution is 0.0620. The van der Waals surface area contributed by atoms with Crippen LogP contribution >= 0.6 is 0 Å². The van der Waals surface area contributed by atoms with Crippen LogP contribution in [0.4, 0.5) is 5.69 Å². The van der Waals surface area contributed by atoms with Crippen molar-refractivity contribution in [2.75, 3.05) is 5.73 Å². The van der Waals surface area contributed by atoms with Gasteiger partial charge in [-0.3, -0.25) is 4.98 Å². The van der Waals surface area contributed by atoms with Crippen molar-refractivity contribution in [3.63, 3.8) is 0 Å². The Kier molecular flexibility index (Phi) is 2.56. The molecule has 92 valence electrons. The van der Waals surface area contributed by atoms with Crippen LogP contribution in [0.2, 0.25) is 0 Å². The molecule has 1 atom stereocenters. The Morgan fingerprint density at radius 2 is 2.00 bits per heavy atom. The van der Waals surface area contributed by atoms with E-state index < -0.39 is 5.60 Å². The average molecular weight is 240 g/mol. The summed E-state index contributed by atoms with van der Waals surface area (Å²) in [4.78, 5) is 4.10. The molecule has 0 amide bonds. The number of fused-ring (bicyclic) bond motifs is 1. The monoisotopic (exact) mass is 240 g/mol. The van der Waals surface area contributed by atoms with Crippen molar-refractivity contribution in [1.29, 1.82) is 0 Å². The van der Waals surface area contributed by atoms with Crippen LogP contribution in [0.1, 0.15) is 29.5 Å². The summed E-state index contributed by atoms with van der Waals surface area (Å²) in [6.07, 6.45) is 5.99. The molecule has 1 aliphatic carbocycles. The summed E-state index contributed by atoms with van der Waals surface area (Å²) in [5.41, 5.74) is 8.49. The number of aliphatic hydroxyl groups is 1. The molecule has 0 saturated carbocycles. The summed E-state index contributed by atoms with van der Waals surface area (Å²) in [7, 11) is 0. The van der Waals surface area contributed by atoms with E-state index in [4.69, 9.17) is 5.73 Å². The number of anilines is 1. The largest absolute Gasteiger partial charge is 0.398 e. The topological polar surface area (TPSA) is 59.1 Å². The average Bonchev–Trinajstić information content (AvgIpc) is 2.40. The number of hydrogen-bond acceptors (Lipinski definition) is 3. The minimum atomic E-state index is -0.993. The standard InChI is InChI=1S/C15H16N2O/c16-14-7-9-17-10-13(14)15(18)8-3-5-11-4-1-2-6-12(11)15/h1-2,4,6-7,9-10,18H,3,5,8H2,(H2,16,17). The number of nitrogen functional groups attached to an aromatic ring is 1. The summed E-state index contributed by atoms with van der Waals surface area (Å²) < 4.78 is 0. The summed E-state index contributed by atoms with van der Waals surface area (Å²) >= 11 is 0. The minimum Gasteiger partial charge on any atom is -0.398 e. The Labute approximate surface area is 106 Å². The zero-order valence-corrected chi connectivity index (χ0v) is 10.1. The number of nitrogens with zero attached hydrogens (tertiary/aromatic N) is 1. The van der Waals surface area contributed by atoms with Crippen LogP contribution in [0, 0.1) is 0 Å². The van der Waals surface area contributed by atoms with Crippen LogP contribution in [0.25, 0.3) is 0 Å². The van der Waals surface area contributed by atoms with E-state index >= 15 is 0 Å². The van der Waals surface area contributed by atoms with Gasteiger partial charge in [0.25, 0.3) is 0 Å². The molecule has 0 radical (unpaired) electrons. The van der Waals surface area contributed by atoms with E-state index in [1.807, 2.05) is 18.2 Å². The summed E-state index contributed by atoms with van der Waals surface area (Å²) in [5, 5.41) is 11.1. The fourth-order valence-corrected chi connectivity index (χ4v) is 2.84. The number of hydrogen-bond donors (Lipinski definition) is 2. The lowest BCUT2D eigenvalue weighted by Gasteiger charge is -2.35. The van der Waals surface area contributed by atoms with E-state index in [1.165, 1.54) is 5.56 Å². The molecule has 0 aliphatic heterocycles. The van der Waals surface area contributed by atoms with E-state index in [0.717, 1.165) is 24.0 Å². The SMILES string of the molecule is Nc1ccncc1C1(O)CCCc2ccccc21. The third-order valence-electron chi connectivity index (χ3n) is 3.75. The number of pyridine rings is 1. The summed E-state index contributed by atoms with van der Waals surface area (Å²) in [5.74, 6) is 0. The lowest BCUT2D eigenvalue weighted by Crippen LogP contribution is -2.32. The van der Waals surface area contributed by atoms with Crippen molar-refractivity contribution < 1.29 is 5.11 Å². The zero-order valence-electron chi connectivity index (χ0n) is 10.1. The van der Waals surface area contributed by atoms with Gasteiger partial charge in [-0.1, -0.05) is 24.3 Å². The highest BCUT2D eigenvalue weighted by atomic mass is 16.3. The third kappa shape index (κ3) is 1.59. The first-order chi connectivity index (χ1) is 8.72. The van der Waals surface area contributed by atoms with Crippen LogP contribution < -0.4 is 5.73 Å². The Morgan fingerprint density at radius 3 is 2.83 bits per heavy atom. The number of rotatable bonds is 1. The Balaban J connectivity index is 2.20. The molecule has 0 saturated heterocycles. The van der Waals surface area contributed by atoms with E-state index in [0.29, 0.717) is 12.1 Å². The number of aryl methyl sites for hydroxylation is 1. The lowest BCUT2D eigenvalue weighted by atomic mass is 9.75. The molecular weight excluding hydrogens is 224 g/mol. The molecule has 3 rings (SSSR count). The highest BCUT2D eigenvalue weighted by molar-refractivity contribution is 5.54. The van der Waals surface area contributed by atoms with Gasteiger partial charge in [-0.2, -0.15) is 0 Å². The quantitative estimate of drug-likeness (QED) is 0.803. The van der Waals surface area contributed by atoms with E-state index in [1.54, 1.807) is 18.5 Å². The van der Waals surface area contributed by atoms with Crippen LogP contribution in [0.15, 0.2) is 42.7 Å². The summed E-state index contributed by atoms with van der Waals surface area (Å²) in [6, 6.07) is 9.77. The van der Waals surface area contributed by atoms with Crippen LogP contribution in [-0.2, 0) is 12.0 Å². The zero-order chi connectivity index (χ0) is 12.6. The first-order valence-electron chi connectivity index (χ1n) is 6.22. The third-order valence-corrected chi connectivity index (χ3v) is 3.75. The van der Waals surface area contributed by atoms with Crippen molar-refractivity contribution in [2.45, 2.75) is 24.9 Å². The van der Waals surface area contributed by atoms with Crippen molar-refractivity contribution in [3.05, 3.63) is 59.4 Å². The fraction of sp³-hybridized carbons (Fsp3) is 0.267. The molecule has 1 heterocycles. The Hall–Kier alpha value is -1.87. The van der Waals surface area contributed by atoms with Gasteiger partial charge in [0, 0.05) is 23.6 Å². The van der Waals surface area contributed by atoms with Crippen molar-refractivity contribution in [2.24, 2.45) is 0 Å². The van der Waals surface area contributed by atoms with Crippen molar-refractivity contribution in [3.8, 4) is 0 Å². The molecule has 1 aromatic carbocycles. The highest BCUT2D eigenvalue weighted by Crippen LogP contribution is 2.41. The molecule has 0 bridgehead atoms. The number of benzene rings is 1. The predicted octanol–water partition coefficient (Wildman–Crippen LogP) is 2.24.